The Morgan fingerprint density at radius 2 is 1.97 bits per heavy atom. The first-order valence-electron chi connectivity index (χ1n) is 10.7. The molecule has 6 heteroatoms. The van der Waals surface area contributed by atoms with Crippen molar-refractivity contribution < 1.29 is 14.3 Å². The number of rotatable bonds is 4. The fourth-order valence-corrected chi connectivity index (χ4v) is 6.28. The molecular weight excluding hydrogens is 366 g/mol. The van der Waals surface area contributed by atoms with E-state index in [9.17, 15) is 9.59 Å². The molecule has 3 fully saturated rings. The summed E-state index contributed by atoms with van der Waals surface area (Å²) in [5.41, 5.74) is 0.951. The minimum Gasteiger partial charge on any atom is -0.497 e. The molecule has 2 heterocycles. The monoisotopic (exact) mass is 399 g/mol. The van der Waals surface area contributed by atoms with Crippen LogP contribution in [0.5, 0.6) is 5.75 Å². The summed E-state index contributed by atoms with van der Waals surface area (Å²) in [5, 5.41) is 2.93. The summed E-state index contributed by atoms with van der Waals surface area (Å²) in [6, 6.07) is 7.75. The lowest BCUT2D eigenvalue weighted by Gasteiger charge is -2.44. The molecule has 0 bridgehead atoms. The molecule has 2 aliphatic heterocycles. The van der Waals surface area contributed by atoms with Gasteiger partial charge in [-0.2, -0.15) is 0 Å². The molecule has 29 heavy (non-hydrogen) atoms. The predicted octanol–water partition coefficient (Wildman–Crippen LogP) is 1.93. The number of likely N-dealkylation sites (tertiary alicyclic amines) is 2. The van der Waals surface area contributed by atoms with Gasteiger partial charge in [-0.1, -0.05) is 12.1 Å². The van der Waals surface area contributed by atoms with Crippen LogP contribution in [0.4, 0.5) is 0 Å². The Balaban J connectivity index is 1.42. The minimum absolute atomic E-state index is 0.187. The highest BCUT2D eigenvalue weighted by atomic mass is 16.5. The fourth-order valence-electron chi connectivity index (χ4n) is 6.28. The predicted molar refractivity (Wildman–Crippen MR) is 112 cm³/mol. The molecule has 0 radical (unpaired) electrons. The summed E-state index contributed by atoms with van der Waals surface area (Å²) in [7, 11) is 5.53. The first kappa shape index (κ1) is 20.2. The smallest absolute Gasteiger partial charge is 0.227 e. The van der Waals surface area contributed by atoms with Crippen LogP contribution in [0.25, 0.3) is 0 Å². The SMILES string of the molecule is CNC(=O)[C@@]12CCC3(CCN(C(=O)Cc4cccc(OC)c4)CC3)[C@@H]1CN(C)C2. The standard InChI is InChI=1S/C23H33N3O3/c1-24-21(28)23-8-7-22(19(23)15-25(2)16-23)9-11-26(12-10-22)20(27)14-17-5-4-6-18(13-17)29-3/h4-6,13,19H,7-12,14-16H2,1-3H3,(H,24,28)/t19-,23+/m0/s1. The maximum absolute atomic E-state index is 12.9. The Morgan fingerprint density at radius 1 is 1.21 bits per heavy atom. The summed E-state index contributed by atoms with van der Waals surface area (Å²) >= 11 is 0. The van der Waals surface area contributed by atoms with E-state index in [1.165, 1.54) is 0 Å². The van der Waals surface area contributed by atoms with Crippen molar-refractivity contribution in [1.82, 2.24) is 15.1 Å². The molecule has 6 nitrogen and oxygen atoms in total. The molecule has 0 unspecified atom stereocenters. The van der Waals surface area contributed by atoms with E-state index in [0.717, 1.165) is 63.2 Å². The molecule has 2 saturated heterocycles. The lowest BCUT2D eigenvalue weighted by molar-refractivity contribution is -0.136. The molecule has 2 amide bonds. The number of nitrogens with zero attached hydrogens (tertiary/aromatic N) is 2. The highest BCUT2D eigenvalue weighted by Crippen LogP contribution is 2.61. The van der Waals surface area contributed by atoms with Gasteiger partial charge in [0.1, 0.15) is 5.75 Å². The number of nitrogens with one attached hydrogen (secondary N) is 1. The van der Waals surface area contributed by atoms with Crippen molar-refractivity contribution in [3.8, 4) is 5.75 Å². The van der Waals surface area contributed by atoms with E-state index >= 15 is 0 Å². The van der Waals surface area contributed by atoms with Crippen molar-refractivity contribution >= 4 is 11.8 Å². The molecule has 158 valence electrons. The van der Waals surface area contributed by atoms with E-state index in [1.807, 2.05) is 29.2 Å². The normalized spacial score (nSPS) is 28.4. The van der Waals surface area contributed by atoms with Gasteiger partial charge in [0.15, 0.2) is 0 Å². The molecular formula is C23H33N3O3. The number of benzene rings is 1. The second kappa shape index (κ2) is 7.63. The zero-order valence-electron chi connectivity index (χ0n) is 17.9. The van der Waals surface area contributed by atoms with Crippen molar-refractivity contribution in [1.29, 1.82) is 0 Å². The zero-order chi connectivity index (χ0) is 20.6. The van der Waals surface area contributed by atoms with Crippen molar-refractivity contribution in [2.75, 3.05) is 47.4 Å². The van der Waals surface area contributed by atoms with E-state index in [1.54, 1.807) is 14.2 Å². The average Bonchev–Trinajstić information content (AvgIpc) is 3.23. The molecule has 1 aromatic carbocycles. The van der Waals surface area contributed by atoms with Gasteiger partial charge < -0.3 is 19.9 Å². The quantitative estimate of drug-likeness (QED) is 0.841. The number of carbonyl (C=O) groups excluding carboxylic acids is 2. The number of methoxy groups -OCH3 is 1. The number of amides is 2. The molecule has 1 saturated carbocycles. The van der Waals surface area contributed by atoms with Crippen LogP contribution in [0.15, 0.2) is 24.3 Å². The number of hydrogen-bond acceptors (Lipinski definition) is 4. The molecule has 0 aromatic heterocycles. The maximum atomic E-state index is 12.9. The van der Waals surface area contributed by atoms with Crippen LogP contribution in [0.2, 0.25) is 0 Å². The third kappa shape index (κ3) is 3.41. The second-order valence-electron chi connectivity index (χ2n) is 9.26. The van der Waals surface area contributed by atoms with E-state index in [2.05, 4.69) is 17.3 Å². The number of carbonyl (C=O) groups is 2. The minimum atomic E-state index is -0.240. The van der Waals surface area contributed by atoms with E-state index in [0.29, 0.717) is 12.3 Å². The fraction of sp³-hybridized carbons (Fsp3) is 0.652. The van der Waals surface area contributed by atoms with E-state index in [-0.39, 0.29) is 22.6 Å². The first-order chi connectivity index (χ1) is 13.9. The third-order valence-corrected chi connectivity index (χ3v) is 7.80. The Labute approximate surface area is 173 Å². The van der Waals surface area contributed by atoms with Gasteiger partial charge >= 0.3 is 0 Å². The lowest BCUT2D eigenvalue weighted by atomic mass is 9.65. The Bertz CT molecular complexity index is 787. The highest BCUT2D eigenvalue weighted by Gasteiger charge is 2.63. The van der Waals surface area contributed by atoms with Gasteiger partial charge in [-0.25, -0.2) is 0 Å². The largest absolute Gasteiger partial charge is 0.497 e. The number of fused-ring (bicyclic) bond motifs is 2. The van der Waals surface area contributed by atoms with Crippen LogP contribution < -0.4 is 10.1 Å². The molecule has 2 atom stereocenters. The lowest BCUT2D eigenvalue weighted by Crippen LogP contribution is -2.49. The Kier molecular flexibility index (Phi) is 5.32. The molecule has 1 aromatic rings. The van der Waals surface area contributed by atoms with Crippen molar-refractivity contribution in [2.24, 2.45) is 16.7 Å². The zero-order valence-corrected chi connectivity index (χ0v) is 17.9. The summed E-state index contributed by atoms with van der Waals surface area (Å²) in [5.74, 6) is 1.58. The first-order valence-corrected chi connectivity index (χ1v) is 10.7. The number of piperidine rings is 1. The van der Waals surface area contributed by atoms with Gasteiger partial charge in [-0.15, -0.1) is 0 Å². The summed E-state index contributed by atoms with van der Waals surface area (Å²) in [6.07, 6.45) is 4.51. The van der Waals surface area contributed by atoms with Gasteiger partial charge in [0, 0.05) is 33.2 Å². The van der Waals surface area contributed by atoms with Gasteiger partial charge in [-0.05, 0) is 61.8 Å². The van der Waals surface area contributed by atoms with Gasteiger partial charge in [0.05, 0.1) is 18.9 Å². The van der Waals surface area contributed by atoms with Gasteiger partial charge in [0.2, 0.25) is 11.8 Å². The summed E-state index contributed by atoms with van der Waals surface area (Å²) < 4.78 is 5.27. The second-order valence-corrected chi connectivity index (χ2v) is 9.26. The van der Waals surface area contributed by atoms with E-state index in [4.69, 9.17) is 4.74 Å². The topological polar surface area (TPSA) is 61.9 Å². The Hall–Kier alpha value is -2.08. The van der Waals surface area contributed by atoms with Crippen molar-refractivity contribution in [3.63, 3.8) is 0 Å². The van der Waals surface area contributed by atoms with E-state index < -0.39 is 0 Å². The average molecular weight is 400 g/mol. The summed E-state index contributed by atoms with van der Waals surface area (Å²) in [6.45, 7) is 3.45. The molecule has 3 aliphatic rings. The van der Waals surface area contributed by atoms with Crippen LogP contribution in [0.3, 0.4) is 0 Å². The molecule has 4 rings (SSSR count). The van der Waals surface area contributed by atoms with Crippen LogP contribution in [0.1, 0.15) is 31.2 Å². The van der Waals surface area contributed by atoms with Crippen LogP contribution in [-0.4, -0.2) is 69.0 Å². The molecule has 1 aliphatic carbocycles. The number of hydrogen-bond donors (Lipinski definition) is 1. The Morgan fingerprint density at radius 3 is 2.66 bits per heavy atom. The highest BCUT2D eigenvalue weighted by molar-refractivity contribution is 5.84. The molecule has 1 N–H and O–H groups in total. The van der Waals surface area contributed by atoms with Crippen molar-refractivity contribution in [2.45, 2.75) is 32.1 Å². The van der Waals surface area contributed by atoms with Gasteiger partial charge in [0.25, 0.3) is 0 Å². The number of ether oxygens (including phenoxy) is 1. The third-order valence-electron chi connectivity index (χ3n) is 7.80. The van der Waals surface area contributed by atoms with Crippen molar-refractivity contribution in [3.05, 3.63) is 29.8 Å². The van der Waals surface area contributed by atoms with Crippen LogP contribution in [-0.2, 0) is 16.0 Å². The summed E-state index contributed by atoms with van der Waals surface area (Å²) in [4.78, 5) is 30.0. The van der Waals surface area contributed by atoms with Crippen LogP contribution in [0, 0.1) is 16.7 Å². The van der Waals surface area contributed by atoms with Gasteiger partial charge in [-0.3, -0.25) is 9.59 Å². The maximum Gasteiger partial charge on any atom is 0.227 e. The van der Waals surface area contributed by atoms with Crippen LogP contribution >= 0.6 is 0 Å². The molecule has 1 spiro atoms.